The second-order valence-electron chi connectivity index (χ2n) is 8.12. The van der Waals surface area contributed by atoms with Crippen molar-refractivity contribution in [2.24, 2.45) is 0 Å². The van der Waals surface area contributed by atoms with Crippen molar-refractivity contribution >= 4 is 57.4 Å². The second kappa shape index (κ2) is 6.29. The van der Waals surface area contributed by atoms with Gasteiger partial charge in [0.15, 0.2) is 0 Å². The Kier molecular flexibility index (Phi) is 3.44. The van der Waals surface area contributed by atoms with E-state index in [1.54, 1.807) is 48.5 Å². The molecule has 4 aliphatic rings. The van der Waals surface area contributed by atoms with Gasteiger partial charge in [-0.05, 0) is 24.3 Å². The van der Waals surface area contributed by atoms with Crippen LogP contribution in [0.5, 0.6) is 11.5 Å². The Hall–Kier alpha value is -4.98. The van der Waals surface area contributed by atoms with Crippen molar-refractivity contribution in [1.82, 2.24) is 0 Å². The number of anilines is 2. The Balaban J connectivity index is 1.45. The molecule has 8 nitrogen and oxygen atoms in total. The first-order chi connectivity index (χ1) is 16.5. The number of rotatable bonds is 0. The molecule has 0 bridgehead atoms. The van der Waals surface area contributed by atoms with Crippen LogP contribution in [-0.2, 0) is 19.2 Å². The first-order valence-electron chi connectivity index (χ1n) is 10.4. The average molecular weight is 448 g/mol. The lowest BCUT2D eigenvalue weighted by Gasteiger charge is -2.04. The average Bonchev–Trinajstić information content (AvgIpc) is 3.51. The van der Waals surface area contributed by atoms with E-state index in [1.165, 1.54) is 12.1 Å². The van der Waals surface area contributed by atoms with Gasteiger partial charge in [0, 0.05) is 33.6 Å². The highest BCUT2D eigenvalue weighted by atomic mass is 16.5. The van der Waals surface area contributed by atoms with Gasteiger partial charge in [-0.25, -0.2) is 9.59 Å². The van der Waals surface area contributed by atoms with Crippen LogP contribution in [0.3, 0.4) is 0 Å². The van der Waals surface area contributed by atoms with Gasteiger partial charge < -0.3 is 20.1 Å². The molecule has 0 radical (unpaired) electrons. The van der Waals surface area contributed by atoms with E-state index in [1.807, 2.05) is 0 Å². The van der Waals surface area contributed by atoms with Crippen molar-refractivity contribution in [1.29, 1.82) is 0 Å². The SMILES string of the molecule is O=C1Nc2ccccc2/C1=C1/C(=O)Oc2cc3c(cc21)OC(=O)/C3=C1/C(=O)Nc2ccccc21. The summed E-state index contributed by atoms with van der Waals surface area (Å²) < 4.78 is 11.0. The summed E-state index contributed by atoms with van der Waals surface area (Å²) in [5, 5.41) is 5.50. The van der Waals surface area contributed by atoms with E-state index < -0.39 is 23.8 Å². The van der Waals surface area contributed by atoms with Crippen LogP contribution in [-0.4, -0.2) is 23.8 Å². The molecular formula is C26H12N2O6. The number of carbonyl (C=O) groups excluding carboxylic acids is 4. The molecule has 7 rings (SSSR count). The van der Waals surface area contributed by atoms with Crippen LogP contribution in [0.25, 0.3) is 22.3 Å². The van der Waals surface area contributed by atoms with E-state index in [0.717, 1.165) is 0 Å². The van der Waals surface area contributed by atoms with E-state index in [4.69, 9.17) is 9.47 Å². The second-order valence-corrected chi connectivity index (χ2v) is 8.12. The fraction of sp³-hybridized carbons (Fsp3) is 0. The molecule has 2 N–H and O–H groups in total. The molecular weight excluding hydrogens is 436 g/mol. The number of esters is 2. The number of ether oxygens (including phenoxy) is 2. The monoisotopic (exact) mass is 448 g/mol. The maximum absolute atomic E-state index is 12.9. The lowest BCUT2D eigenvalue weighted by atomic mass is 9.92. The van der Waals surface area contributed by atoms with Crippen LogP contribution in [0.2, 0.25) is 0 Å². The zero-order chi connectivity index (χ0) is 23.1. The van der Waals surface area contributed by atoms with Gasteiger partial charge >= 0.3 is 11.9 Å². The molecule has 0 unspecified atom stereocenters. The van der Waals surface area contributed by atoms with Gasteiger partial charge in [-0.3, -0.25) is 9.59 Å². The molecule has 0 saturated heterocycles. The van der Waals surface area contributed by atoms with Crippen molar-refractivity contribution in [3.63, 3.8) is 0 Å². The number of amides is 2. The summed E-state index contributed by atoms with van der Waals surface area (Å²) in [6.45, 7) is 0. The molecule has 162 valence electrons. The number of hydrogen-bond acceptors (Lipinski definition) is 6. The topological polar surface area (TPSA) is 111 Å². The minimum Gasteiger partial charge on any atom is -0.422 e. The molecule has 0 atom stereocenters. The summed E-state index contributed by atoms with van der Waals surface area (Å²) in [7, 11) is 0. The standard InChI is InChI=1S/C26H12N2O6/c29-23-19(11-5-1-3-7-15(11)27-23)21-13-9-18-14(10-17(13)33-25(21)31)22(26(32)34-18)20-12-6-2-4-8-16(12)28-24(20)30/h1-10H,(H,27,29)(H,28,30)/b21-19-,22-20+. The third-order valence-corrected chi connectivity index (χ3v) is 6.28. The lowest BCUT2D eigenvalue weighted by Crippen LogP contribution is -2.10. The van der Waals surface area contributed by atoms with Crippen LogP contribution < -0.4 is 20.1 Å². The molecule has 3 aromatic carbocycles. The van der Waals surface area contributed by atoms with E-state index in [0.29, 0.717) is 33.6 Å². The van der Waals surface area contributed by atoms with Crippen molar-refractivity contribution < 1.29 is 28.7 Å². The molecule has 4 aliphatic heterocycles. The van der Waals surface area contributed by atoms with Gasteiger partial charge in [-0.2, -0.15) is 0 Å². The van der Waals surface area contributed by atoms with Gasteiger partial charge in [0.25, 0.3) is 11.8 Å². The lowest BCUT2D eigenvalue weighted by molar-refractivity contribution is -0.127. The molecule has 0 aliphatic carbocycles. The normalized spacial score (nSPS) is 21.4. The predicted molar refractivity (Wildman–Crippen MR) is 121 cm³/mol. The molecule has 3 aromatic rings. The smallest absolute Gasteiger partial charge is 0.345 e. The highest BCUT2D eigenvalue weighted by molar-refractivity contribution is 6.47. The van der Waals surface area contributed by atoms with E-state index in [2.05, 4.69) is 10.6 Å². The van der Waals surface area contributed by atoms with E-state index >= 15 is 0 Å². The largest absolute Gasteiger partial charge is 0.422 e. The number of benzene rings is 3. The van der Waals surface area contributed by atoms with Gasteiger partial charge in [0.1, 0.15) is 11.5 Å². The van der Waals surface area contributed by atoms with E-state index in [-0.39, 0.29) is 33.8 Å². The number of fused-ring (bicyclic) bond motifs is 4. The Morgan fingerprint density at radius 1 is 0.500 bits per heavy atom. The maximum atomic E-state index is 12.9. The van der Waals surface area contributed by atoms with Crippen LogP contribution in [0.4, 0.5) is 11.4 Å². The number of carbonyl (C=O) groups is 4. The summed E-state index contributed by atoms with van der Waals surface area (Å²) in [6, 6.07) is 17.1. The maximum Gasteiger partial charge on any atom is 0.345 e. The van der Waals surface area contributed by atoms with Crippen LogP contribution in [0, 0.1) is 0 Å². The summed E-state index contributed by atoms with van der Waals surface area (Å²) in [4.78, 5) is 51.2. The van der Waals surface area contributed by atoms with Crippen molar-refractivity contribution in [2.75, 3.05) is 10.6 Å². The molecule has 0 aromatic heterocycles. The van der Waals surface area contributed by atoms with E-state index in [9.17, 15) is 19.2 Å². The summed E-state index contributed by atoms with van der Waals surface area (Å²) >= 11 is 0. The van der Waals surface area contributed by atoms with Crippen molar-refractivity contribution in [3.05, 3.63) is 82.9 Å². The van der Waals surface area contributed by atoms with Crippen LogP contribution in [0.15, 0.2) is 60.7 Å². The van der Waals surface area contributed by atoms with Crippen molar-refractivity contribution in [2.45, 2.75) is 0 Å². The van der Waals surface area contributed by atoms with Gasteiger partial charge in [-0.1, -0.05) is 36.4 Å². The fourth-order valence-electron chi connectivity index (χ4n) is 4.85. The number of hydrogen-bond donors (Lipinski definition) is 2. The first-order valence-corrected chi connectivity index (χ1v) is 10.4. The molecule has 0 saturated carbocycles. The van der Waals surface area contributed by atoms with Gasteiger partial charge in [-0.15, -0.1) is 0 Å². The predicted octanol–water partition coefficient (Wildman–Crippen LogP) is 3.25. The summed E-state index contributed by atoms with van der Waals surface area (Å²) in [6.07, 6.45) is 0. The molecule has 8 heteroatoms. The van der Waals surface area contributed by atoms with Crippen LogP contribution >= 0.6 is 0 Å². The first kappa shape index (κ1) is 18.6. The third-order valence-electron chi connectivity index (χ3n) is 6.28. The number of nitrogens with one attached hydrogen (secondary N) is 2. The molecule has 0 fully saturated rings. The molecule has 34 heavy (non-hydrogen) atoms. The summed E-state index contributed by atoms with van der Waals surface area (Å²) in [5.41, 5.74) is 3.67. The van der Waals surface area contributed by atoms with Crippen LogP contribution in [0.1, 0.15) is 22.3 Å². The fourth-order valence-corrected chi connectivity index (χ4v) is 4.85. The quantitative estimate of drug-likeness (QED) is 0.310. The Morgan fingerprint density at radius 2 is 0.912 bits per heavy atom. The van der Waals surface area contributed by atoms with Gasteiger partial charge in [0.05, 0.1) is 22.3 Å². The minimum atomic E-state index is -0.676. The summed E-state index contributed by atoms with van der Waals surface area (Å²) in [5.74, 6) is -1.81. The van der Waals surface area contributed by atoms with Crippen molar-refractivity contribution in [3.8, 4) is 11.5 Å². The highest BCUT2D eigenvalue weighted by Gasteiger charge is 2.42. The number of para-hydroxylation sites is 2. The van der Waals surface area contributed by atoms with Gasteiger partial charge in [0.2, 0.25) is 0 Å². The molecule has 2 amide bonds. The Morgan fingerprint density at radius 3 is 1.35 bits per heavy atom. The highest BCUT2D eigenvalue weighted by Crippen LogP contribution is 2.50. The Labute approximate surface area is 191 Å². The zero-order valence-corrected chi connectivity index (χ0v) is 17.2. The third kappa shape index (κ3) is 2.31. The molecule has 4 heterocycles. The molecule has 0 spiro atoms. The Bertz CT molecular complexity index is 1510. The minimum absolute atomic E-state index is 0.0985. The zero-order valence-electron chi connectivity index (χ0n) is 17.2.